The number of hydrogen-bond acceptors (Lipinski definition) is 4. The maximum absolute atomic E-state index is 12.0. The summed E-state index contributed by atoms with van der Waals surface area (Å²) in [5.74, 6) is 0.0811. The quantitative estimate of drug-likeness (QED) is 0.801. The molecule has 2 aliphatic rings. The first-order chi connectivity index (χ1) is 9.49. The van der Waals surface area contributed by atoms with Crippen LogP contribution in [0, 0.1) is 0 Å². The number of carbonyl (C=O) groups is 3. The van der Waals surface area contributed by atoms with Crippen LogP contribution in [0.3, 0.4) is 0 Å². The molecule has 0 amide bonds. The maximum Gasteiger partial charge on any atom is 0.187 e. The molecule has 2 aliphatic carbocycles. The van der Waals surface area contributed by atoms with Gasteiger partial charge in [0.25, 0.3) is 0 Å². The van der Waals surface area contributed by atoms with Crippen molar-refractivity contribution in [3.63, 3.8) is 0 Å². The van der Waals surface area contributed by atoms with Crippen molar-refractivity contribution in [3.8, 4) is 0 Å². The lowest BCUT2D eigenvalue weighted by molar-refractivity contribution is -0.139. The number of aliphatic hydroxyl groups is 1. The second-order valence-corrected chi connectivity index (χ2v) is 5.66. The van der Waals surface area contributed by atoms with Crippen LogP contribution >= 0.6 is 0 Å². The van der Waals surface area contributed by atoms with Crippen molar-refractivity contribution < 1.29 is 19.5 Å². The molecule has 2 rings (SSSR count). The summed E-state index contributed by atoms with van der Waals surface area (Å²) < 4.78 is 0. The minimum atomic E-state index is -1.37. The summed E-state index contributed by atoms with van der Waals surface area (Å²) in [5.41, 5.74) is -0.203. The Labute approximate surface area is 118 Å². The van der Waals surface area contributed by atoms with Crippen LogP contribution in [0.5, 0.6) is 0 Å². The van der Waals surface area contributed by atoms with Crippen LogP contribution in [0.25, 0.3) is 0 Å². The summed E-state index contributed by atoms with van der Waals surface area (Å²) in [7, 11) is 0. The molecule has 108 valence electrons. The van der Waals surface area contributed by atoms with Gasteiger partial charge in [0.2, 0.25) is 0 Å². The first kappa shape index (κ1) is 14.9. The topological polar surface area (TPSA) is 71.4 Å². The third kappa shape index (κ3) is 3.73. The predicted octanol–water partition coefficient (Wildman–Crippen LogP) is 2.06. The van der Waals surface area contributed by atoms with E-state index < -0.39 is 5.60 Å². The van der Waals surface area contributed by atoms with E-state index in [4.69, 9.17) is 0 Å². The third-order valence-corrected chi connectivity index (χ3v) is 4.12. The molecule has 2 saturated carbocycles. The molecule has 0 saturated heterocycles. The van der Waals surface area contributed by atoms with E-state index in [1.54, 1.807) is 6.08 Å². The van der Waals surface area contributed by atoms with Crippen molar-refractivity contribution in [1.82, 2.24) is 0 Å². The minimum Gasteiger partial charge on any atom is -0.382 e. The molecule has 0 radical (unpaired) electrons. The van der Waals surface area contributed by atoms with Crippen molar-refractivity contribution in [2.75, 3.05) is 0 Å². The van der Waals surface area contributed by atoms with Crippen molar-refractivity contribution in [2.45, 2.75) is 57.0 Å². The number of rotatable bonds is 3. The molecule has 0 aromatic rings. The van der Waals surface area contributed by atoms with Gasteiger partial charge in [-0.1, -0.05) is 17.7 Å². The highest BCUT2D eigenvalue weighted by molar-refractivity contribution is 5.98. The second-order valence-electron chi connectivity index (χ2n) is 5.66. The monoisotopic (exact) mass is 276 g/mol. The molecule has 2 fully saturated rings. The van der Waals surface area contributed by atoms with E-state index in [1.807, 2.05) is 6.08 Å². The molecular formula is C16H20O4. The number of hydrogen-bond donors (Lipinski definition) is 1. The standard InChI is InChI=1S/C16H20O4/c17-13-6-4-12(5-7-13)2-1-3-15(19)16(20)10-8-14(18)9-11-16/h1-3,20H,4-11H2/b3-1-. The molecule has 4 heteroatoms. The van der Waals surface area contributed by atoms with Gasteiger partial charge in [-0.25, -0.2) is 0 Å². The van der Waals surface area contributed by atoms with Gasteiger partial charge in [-0.15, -0.1) is 0 Å². The van der Waals surface area contributed by atoms with Crippen LogP contribution in [0.4, 0.5) is 0 Å². The van der Waals surface area contributed by atoms with Gasteiger partial charge < -0.3 is 5.11 Å². The van der Waals surface area contributed by atoms with Crippen LogP contribution in [-0.4, -0.2) is 28.1 Å². The summed E-state index contributed by atoms with van der Waals surface area (Å²) in [4.78, 5) is 34.2. The third-order valence-electron chi connectivity index (χ3n) is 4.12. The van der Waals surface area contributed by atoms with Gasteiger partial charge in [0.15, 0.2) is 5.78 Å². The highest BCUT2D eigenvalue weighted by atomic mass is 16.3. The van der Waals surface area contributed by atoms with Crippen LogP contribution in [0.15, 0.2) is 23.8 Å². The minimum absolute atomic E-state index is 0.112. The zero-order valence-corrected chi connectivity index (χ0v) is 11.6. The smallest absolute Gasteiger partial charge is 0.187 e. The fraction of sp³-hybridized carbons (Fsp3) is 0.562. The van der Waals surface area contributed by atoms with E-state index in [0.29, 0.717) is 18.6 Å². The second kappa shape index (κ2) is 6.27. The van der Waals surface area contributed by atoms with Crippen molar-refractivity contribution in [1.29, 1.82) is 0 Å². The first-order valence-electron chi connectivity index (χ1n) is 7.16. The highest BCUT2D eigenvalue weighted by Crippen LogP contribution is 2.27. The largest absolute Gasteiger partial charge is 0.382 e. The Morgan fingerprint density at radius 2 is 1.50 bits per heavy atom. The number of allylic oxidation sites excluding steroid dienone is 3. The number of ketones is 3. The van der Waals surface area contributed by atoms with Gasteiger partial charge in [0.1, 0.15) is 17.2 Å². The Bertz CT molecular complexity index is 463. The lowest BCUT2D eigenvalue weighted by atomic mass is 9.81. The molecule has 0 aliphatic heterocycles. The Hall–Kier alpha value is -1.55. The van der Waals surface area contributed by atoms with Gasteiger partial charge in [-0.05, 0) is 31.8 Å². The van der Waals surface area contributed by atoms with E-state index in [9.17, 15) is 19.5 Å². The molecule has 4 nitrogen and oxygen atoms in total. The van der Waals surface area contributed by atoms with Gasteiger partial charge in [0.05, 0.1) is 0 Å². The average Bonchev–Trinajstić information content (AvgIpc) is 2.44. The maximum atomic E-state index is 12.0. The molecule has 0 unspecified atom stereocenters. The molecule has 0 heterocycles. The van der Waals surface area contributed by atoms with Gasteiger partial charge in [-0.2, -0.15) is 0 Å². The van der Waals surface area contributed by atoms with Gasteiger partial charge >= 0.3 is 0 Å². The van der Waals surface area contributed by atoms with E-state index >= 15 is 0 Å². The highest BCUT2D eigenvalue weighted by Gasteiger charge is 2.37. The summed E-state index contributed by atoms with van der Waals surface area (Å²) in [6.07, 6.45) is 8.59. The van der Waals surface area contributed by atoms with Crippen molar-refractivity contribution in [2.24, 2.45) is 0 Å². The molecule has 0 spiro atoms. The SMILES string of the molecule is O=C1CCC(=C/C=C\C(=O)C2(O)CCC(=O)CC2)CC1. The summed E-state index contributed by atoms with van der Waals surface area (Å²) in [5, 5.41) is 10.2. The van der Waals surface area contributed by atoms with Crippen molar-refractivity contribution in [3.05, 3.63) is 23.8 Å². The Morgan fingerprint density at radius 1 is 0.950 bits per heavy atom. The normalized spacial score (nSPS) is 23.1. The van der Waals surface area contributed by atoms with Crippen LogP contribution in [0.1, 0.15) is 51.4 Å². The molecule has 20 heavy (non-hydrogen) atoms. The summed E-state index contributed by atoms with van der Waals surface area (Å²) >= 11 is 0. The van der Waals surface area contributed by atoms with E-state index in [2.05, 4.69) is 0 Å². The van der Waals surface area contributed by atoms with Gasteiger partial charge in [0, 0.05) is 25.7 Å². The lowest BCUT2D eigenvalue weighted by Gasteiger charge is -2.28. The summed E-state index contributed by atoms with van der Waals surface area (Å²) in [6.45, 7) is 0. The van der Waals surface area contributed by atoms with Crippen LogP contribution in [-0.2, 0) is 14.4 Å². The molecular weight excluding hydrogens is 256 g/mol. The predicted molar refractivity (Wildman–Crippen MR) is 74.1 cm³/mol. The molecule has 0 aromatic heterocycles. The molecule has 0 aromatic carbocycles. The number of carbonyl (C=O) groups excluding carboxylic acids is 3. The molecule has 1 N–H and O–H groups in total. The number of Topliss-reactive ketones (excluding diaryl/α,β-unsaturated/α-hetero) is 2. The summed E-state index contributed by atoms with van der Waals surface area (Å²) in [6, 6.07) is 0. The first-order valence-corrected chi connectivity index (χ1v) is 7.16. The van der Waals surface area contributed by atoms with Crippen molar-refractivity contribution >= 4 is 17.3 Å². The van der Waals surface area contributed by atoms with Crippen LogP contribution in [0.2, 0.25) is 0 Å². The zero-order valence-electron chi connectivity index (χ0n) is 11.6. The van der Waals surface area contributed by atoms with E-state index in [0.717, 1.165) is 12.8 Å². The van der Waals surface area contributed by atoms with E-state index in [-0.39, 0.29) is 37.2 Å². The fourth-order valence-electron chi connectivity index (χ4n) is 2.63. The molecule has 0 atom stereocenters. The lowest BCUT2D eigenvalue weighted by Crippen LogP contribution is -2.41. The van der Waals surface area contributed by atoms with E-state index in [1.165, 1.54) is 11.6 Å². The zero-order chi connectivity index (χ0) is 14.6. The van der Waals surface area contributed by atoms with Crippen LogP contribution < -0.4 is 0 Å². The Kier molecular flexibility index (Phi) is 4.65. The average molecular weight is 276 g/mol. The Morgan fingerprint density at radius 3 is 2.10 bits per heavy atom. The fourth-order valence-corrected chi connectivity index (χ4v) is 2.63. The Balaban J connectivity index is 1.90. The molecule has 0 bridgehead atoms. The van der Waals surface area contributed by atoms with Gasteiger partial charge in [-0.3, -0.25) is 14.4 Å².